The third-order valence-electron chi connectivity index (χ3n) is 2.26. The van der Waals surface area contributed by atoms with Gasteiger partial charge in [-0.15, -0.1) is 4.91 Å². The van der Waals surface area contributed by atoms with Gasteiger partial charge in [-0.1, -0.05) is 27.7 Å². The van der Waals surface area contributed by atoms with Crippen LogP contribution in [0.2, 0.25) is 0 Å². The second-order valence-corrected chi connectivity index (χ2v) is 3.61. The van der Waals surface area contributed by atoms with Gasteiger partial charge in [0.15, 0.2) is 5.69 Å². The van der Waals surface area contributed by atoms with Crippen molar-refractivity contribution in [1.29, 1.82) is 0 Å². The lowest BCUT2D eigenvalue weighted by molar-refractivity contribution is -0.104. The molecule has 0 saturated carbocycles. The van der Waals surface area contributed by atoms with Crippen LogP contribution in [0.15, 0.2) is 59.3 Å². The van der Waals surface area contributed by atoms with Crippen LogP contribution < -0.4 is 4.74 Å². The first-order valence-electron chi connectivity index (χ1n) is 7.70. The van der Waals surface area contributed by atoms with Gasteiger partial charge in [0.25, 0.3) is 0 Å². The van der Waals surface area contributed by atoms with E-state index in [0.29, 0.717) is 17.6 Å². The number of hydrogen-bond donors (Lipinski definition) is 0. The molecule has 0 amide bonds. The summed E-state index contributed by atoms with van der Waals surface area (Å²) in [6, 6.07) is 3.05. The van der Waals surface area contributed by atoms with E-state index in [0.717, 1.165) is 0 Å². The summed E-state index contributed by atoms with van der Waals surface area (Å²) in [6.07, 6.45) is 8.05. The summed E-state index contributed by atoms with van der Waals surface area (Å²) in [6.45, 7) is 9.76. The quantitative estimate of drug-likeness (QED) is 0.228. The van der Waals surface area contributed by atoms with Crippen LogP contribution >= 0.6 is 0 Å². The smallest absolute Gasteiger partial charge is 0.248 e. The molecule has 1 heterocycles. The second-order valence-electron chi connectivity index (χ2n) is 3.61. The highest BCUT2D eigenvalue weighted by Gasteiger charge is 2.02. The minimum atomic E-state index is 0.0765. The second kappa shape index (κ2) is 16.6. The average molecular weight is 334 g/mol. The molecule has 0 spiro atoms. The Morgan fingerprint density at radius 1 is 1.21 bits per heavy atom. The zero-order valence-electron chi connectivity index (χ0n) is 15.1. The van der Waals surface area contributed by atoms with Crippen molar-refractivity contribution < 1.29 is 14.3 Å². The Morgan fingerprint density at radius 2 is 1.88 bits per heavy atom. The molecule has 24 heavy (non-hydrogen) atoms. The molecule has 0 saturated heterocycles. The molecule has 0 aliphatic heterocycles. The zero-order valence-corrected chi connectivity index (χ0v) is 15.1. The molecule has 6 heteroatoms. The number of rotatable bonds is 7. The molecule has 0 N–H and O–H groups in total. The number of aromatic nitrogens is 1. The van der Waals surface area contributed by atoms with Crippen LogP contribution in [-0.2, 0) is 9.53 Å². The molecular formula is C18H26N2O4. The summed E-state index contributed by atoms with van der Waals surface area (Å²) in [5, 5.41) is 2.78. The van der Waals surface area contributed by atoms with Crippen LogP contribution in [0.3, 0.4) is 0 Å². The van der Waals surface area contributed by atoms with Gasteiger partial charge in [-0.25, -0.2) is 4.98 Å². The first-order chi connectivity index (χ1) is 11.7. The van der Waals surface area contributed by atoms with E-state index in [4.69, 9.17) is 9.47 Å². The lowest BCUT2D eigenvalue weighted by Gasteiger charge is -1.99. The minimum Gasteiger partial charge on any atom is -0.501 e. The SMILES string of the molecule is CC.CC.CO/C(C)=C/C=C(C=O)\C=C\Oc1ncccc1N=O. The molecule has 0 fully saturated rings. The number of ether oxygens (including phenoxy) is 2. The van der Waals surface area contributed by atoms with E-state index in [-0.39, 0.29) is 11.6 Å². The predicted octanol–water partition coefficient (Wildman–Crippen LogP) is 5.10. The average Bonchev–Trinajstić information content (AvgIpc) is 2.67. The predicted molar refractivity (Wildman–Crippen MR) is 97.1 cm³/mol. The van der Waals surface area contributed by atoms with Gasteiger partial charge in [0.2, 0.25) is 5.88 Å². The molecule has 1 rings (SSSR count). The van der Waals surface area contributed by atoms with Crippen LogP contribution in [0, 0.1) is 4.91 Å². The van der Waals surface area contributed by atoms with Gasteiger partial charge in [-0.05, 0) is 42.5 Å². The fourth-order valence-corrected chi connectivity index (χ4v) is 1.14. The number of allylic oxidation sites excluding steroid dienone is 5. The summed E-state index contributed by atoms with van der Waals surface area (Å²) in [7, 11) is 1.54. The van der Waals surface area contributed by atoms with Crippen molar-refractivity contribution in [3.8, 4) is 5.88 Å². The van der Waals surface area contributed by atoms with E-state index in [1.165, 1.54) is 31.7 Å². The molecule has 1 aromatic heterocycles. The van der Waals surface area contributed by atoms with E-state index in [1.54, 1.807) is 25.1 Å². The fourth-order valence-electron chi connectivity index (χ4n) is 1.14. The van der Waals surface area contributed by atoms with Crippen LogP contribution in [0.25, 0.3) is 0 Å². The number of hydrogen-bond acceptors (Lipinski definition) is 6. The Kier molecular flexibility index (Phi) is 16.3. The maximum Gasteiger partial charge on any atom is 0.248 e. The topological polar surface area (TPSA) is 77.8 Å². The van der Waals surface area contributed by atoms with Crippen LogP contribution in [-0.4, -0.2) is 18.4 Å². The van der Waals surface area contributed by atoms with Crippen molar-refractivity contribution in [2.24, 2.45) is 5.18 Å². The van der Waals surface area contributed by atoms with Gasteiger partial charge < -0.3 is 9.47 Å². The van der Waals surface area contributed by atoms with Gasteiger partial charge in [0, 0.05) is 11.8 Å². The van der Waals surface area contributed by atoms with E-state index in [9.17, 15) is 9.70 Å². The van der Waals surface area contributed by atoms with Gasteiger partial charge in [-0.2, -0.15) is 0 Å². The van der Waals surface area contributed by atoms with Gasteiger partial charge in [-0.3, -0.25) is 4.79 Å². The molecule has 0 atom stereocenters. The van der Waals surface area contributed by atoms with Gasteiger partial charge in [0.05, 0.1) is 19.1 Å². The monoisotopic (exact) mass is 334 g/mol. The molecule has 132 valence electrons. The summed E-state index contributed by atoms with van der Waals surface area (Å²) in [5.74, 6) is 0.739. The number of nitroso groups, excluding NO2 is 1. The molecule has 6 nitrogen and oxygen atoms in total. The lowest BCUT2D eigenvalue weighted by Crippen LogP contribution is -1.88. The Labute approximate surface area is 143 Å². The lowest BCUT2D eigenvalue weighted by atomic mass is 10.2. The first kappa shape index (κ1) is 23.5. The van der Waals surface area contributed by atoms with Crippen molar-refractivity contribution in [1.82, 2.24) is 4.98 Å². The third kappa shape index (κ3) is 10.0. The Morgan fingerprint density at radius 3 is 2.42 bits per heavy atom. The number of nitrogens with zero attached hydrogens (tertiary/aromatic N) is 2. The largest absolute Gasteiger partial charge is 0.501 e. The molecule has 0 aliphatic rings. The molecule has 0 aromatic carbocycles. The van der Waals surface area contributed by atoms with Crippen molar-refractivity contribution in [2.75, 3.05) is 7.11 Å². The third-order valence-corrected chi connectivity index (χ3v) is 2.26. The molecule has 1 aromatic rings. The normalized spacial score (nSPS) is 10.8. The molecule has 0 aliphatic carbocycles. The van der Waals surface area contributed by atoms with Crippen molar-refractivity contribution >= 4 is 12.0 Å². The van der Waals surface area contributed by atoms with Crippen LogP contribution in [0.4, 0.5) is 5.69 Å². The van der Waals surface area contributed by atoms with E-state index in [1.807, 2.05) is 27.7 Å². The molecule has 0 radical (unpaired) electrons. The highest BCUT2D eigenvalue weighted by Crippen LogP contribution is 2.23. The Hall–Kier alpha value is -2.76. The van der Waals surface area contributed by atoms with Crippen molar-refractivity contribution in [3.05, 3.63) is 59.1 Å². The maximum absolute atomic E-state index is 10.8. The highest BCUT2D eigenvalue weighted by atomic mass is 16.5. The van der Waals surface area contributed by atoms with E-state index < -0.39 is 0 Å². The summed E-state index contributed by atoms with van der Waals surface area (Å²) in [5.41, 5.74) is 0.460. The first-order valence-corrected chi connectivity index (χ1v) is 7.70. The van der Waals surface area contributed by atoms with Crippen molar-refractivity contribution in [2.45, 2.75) is 34.6 Å². The summed E-state index contributed by atoms with van der Waals surface area (Å²) < 4.78 is 10.1. The number of aldehydes is 1. The summed E-state index contributed by atoms with van der Waals surface area (Å²) >= 11 is 0. The van der Waals surface area contributed by atoms with Crippen LogP contribution in [0.1, 0.15) is 34.6 Å². The molecule has 0 unspecified atom stereocenters. The Balaban J connectivity index is 0. The van der Waals surface area contributed by atoms with E-state index >= 15 is 0 Å². The molecular weight excluding hydrogens is 308 g/mol. The zero-order chi connectivity index (χ0) is 18.8. The van der Waals surface area contributed by atoms with Crippen molar-refractivity contribution in [3.63, 3.8) is 0 Å². The summed E-state index contributed by atoms with van der Waals surface area (Å²) in [4.78, 5) is 25.2. The number of methoxy groups -OCH3 is 1. The van der Waals surface area contributed by atoms with Gasteiger partial charge >= 0.3 is 0 Å². The Bertz CT molecular complexity index is 564. The van der Waals surface area contributed by atoms with E-state index in [2.05, 4.69) is 10.2 Å². The molecule has 0 bridgehead atoms. The maximum atomic E-state index is 10.8. The van der Waals surface area contributed by atoms with Gasteiger partial charge in [0.1, 0.15) is 6.29 Å². The minimum absolute atomic E-state index is 0.0765. The number of carbonyl (C=O) groups is 1. The fraction of sp³-hybridized carbons (Fsp3) is 0.333. The van der Waals surface area contributed by atoms with Crippen LogP contribution in [0.5, 0.6) is 5.88 Å². The highest BCUT2D eigenvalue weighted by molar-refractivity contribution is 5.77. The number of pyridine rings is 1. The number of carbonyl (C=O) groups excluding carboxylic acids is 1. The standard InChI is InChI=1S/C14H14N2O4.2C2H6/c1-11(19-2)5-6-12(10-17)7-9-20-14-13(16-18)4-3-8-15-14;2*1-2/h3-10H,1-2H3;2*1-2H3/b9-7+,11-5+,12-6+;;.